The third kappa shape index (κ3) is 7.39. The number of rotatable bonds is 8. The predicted octanol–water partition coefficient (Wildman–Crippen LogP) is 11.2. The van der Waals surface area contributed by atoms with Crippen LogP contribution in [-0.4, -0.2) is 9.55 Å². The molecule has 0 N–H and O–H groups in total. The van der Waals surface area contributed by atoms with Gasteiger partial charge in [0.25, 0.3) is 0 Å². The van der Waals surface area contributed by atoms with Crippen LogP contribution in [0, 0.1) is 0 Å². The molecule has 6 aromatic rings. The first-order valence-electron chi connectivity index (χ1n) is 15.7. The van der Waals surface area contributed by atoms with Gasteiger partial charge in [-0.3, -0.25) is 4.74 Å². The number of benzene rings is 5. The zero-order chi connectivity index (χ0) is 33.4. The van der Waals surface area contributed by atoms with E-state index in [4.69, 9.17) is 29.9 Å². The third-order valence-corrected chi connectivity index (χ3v) is 11.9. The molecule has 0 amide bonds. The van der Waals surface area contributed by atoms with E-state index in [1.54, 1.807) is 0 Å². The van der Waals surface area contributed by atoms with E-state index in [1.807, 2.05) is 0 Å². The standard InChI is InChI=1S/C40H40N3P.2ClH.Fe/c1-29(2)35-27-18-28-36(30(3)4)38(35)42-44(33-23-14-8-15-24-33,34-25-16-9-17-26-34)40-41-37(31-19-10-6-11-20-31)39(43(40)5)32-21-12-7-13-22-32;;;/h6-30H,1-5H3;2*1H;/q;;;+2/p-2. The van der Waals surface area contributed by atoms with Crippen molar-refractivity contribution in [3.63, 3.8) is 0 Å². The Morgan fingerprint density at radius 1 is 0.596 bits per heavy atom. The molecule has 0 saturated carbocycles. The van der Waals surface area contributed by atoms with Gasteiger partial charge in [0.15, 0.2) is 5.57 Å². The molecule has 1 aromatic heterocycles. The average molecular weight is 721 g/mol. The zero-order valence-corrected chi connectivity index (χ0v) is 30.8. The van der Waals surface area contributed by atoms with Crippen molar-refractivity contribution in [2.45, 2.75) is 39.5 Å². The summed E-state index contributed by atoms with van der Waals surface area (Å²) in [4.78, 5) is 5.65. The molecule has 0 aliphatic rings. The minimum atomic E-state index is -2.72. The molecule has 7 heteroatoms. The molecule has 0 spiro atoms. The Morgan fingerprint density at radius 3 is 1.43 bits per heavy atom. The molecule has 242 valence electrons. The Bertz CT molecular complexity index is 1870. The molecule has 0 atom stereocenters. The molecular formula is C40H40Cl2FeN3P. The molecule has 0 saturated heterocycles. The summed E-state index contributed by atoms with van der Waals surface area (Å²) in [5.74, 6) is 0.643. The van der Waals surface area contributed by atoms with Crippen molar-refractivity contribution in [2.24, 2.45) is 11.8 Å². The second kappa shape index (κ2) is 16.2. The molecule has 47 heavy (non-hydrogen) atoms. The van der Waals surface area contributed by atoms with Gasteiger partial charge in [0.2, 0.25) is 0 Å². The van der Waals surface area contributed by atoms with E-state index < -0.39 is 7.05 Å². The van der Waals surface area contributed by atoms with Gasteiger partial charge in [-0.05, 0) is 23.0 Å². The fraction of sp³-hybridized carbons (Fsp3) is 0.175. The summed E-state index contributed by atoms with van der Waals surface area (Å²) >= 11 is 0.194. The van der Waals surface area contributed by atoms with Crippen molar-refractivity contribution < 1.29 is 13.1 Å². The van der Waals surface area contributed by atoms with E-state index in [0.717, 1.165) is 33.8 Å². The van der Waals surface area contributed by atoms with Gasteiger partial charge in [0.05, 0.1) is 24.1 Å². The number of halogens is 2. The van der Waals surface area contributed by atoms with Gasteiger partial charge in [0, 0.05) is 28.8 Å². The van der Waals surface area contributed by atoms with Crippen molar-refractivity contribution in [3.8, 4) is 22.5 Å². The van der Waals surface area contributed by atoms with Crippen LogP contribution >= 0.6 is 27.3 Å². The monoisotopic (exact) mass is 719 g/mol. The molecule has 6 rings (SSSR count). The average Bonchev–Trinajstić information content (AvgIpc) is 3.46. The van der Waals surface area contributed by atoms with Crippen LogP contribution < -0.4 is 16.2 Å². The van der Waals surface area contributed by atoms with Crippen LogP contribution in [-0.2, 0) is 20.2 Å². The zero-order valence-electron chi connectivity index (χ0n) is 27.3. The molecule has 0 bridgehead atoms. The van der Waals surface area contributed by atoms with Crippen molar-refractivity contribution in [1.29, 1.82) is 0 Å². The Balaban J connectivity index is 0.00000139. The summed E-state index contributed by atoms with van der Waals surface area (Å²) in [7, 11) is 8.98. The normalized spacial score (nSPS) is 11.4. The molecule has 0 aliphatic heterocycles. The first-order chi connectivity index (χ1) is 22.8. The molecule has 1 heterocycles. The molecular weight excluding hydrogens is 680 g/mol. The van der Waals surface area contributed by atoms with Crippen LogP contribution in [0.2, 0.25) is 0 Å². The van der Waals surface area contributed by atoms with Crippen molar-refractivity contribution in [3.05, 3.63) is 151 Å². The second-order valence-corrected chi connectivity index (χ2v) is 16.7. The third-order valence-electron chi connectivity index (χ3n) is 8.31. The number of imidazole rings is 1. The molecule has 0 fully saturated rings. The van der Waals surface area contributed by atoms with Gasteiger partial charge in [-0.1, -0.05) is 167 Å². The summed E-state index contributed by atoms with van der Waals surface area (Å²) < 4.78 is 8.40. The van der Waals surface area contributed by atoms with E-state index in [2.05, 4.69) is 179 Å². The summed E-state index contributed by atoms with van der Waals surface area (Å²) in [5, 5.41) is 2.37. The van der Waals surface area contributed by atoms with Gasteiger partial charge in [-0.2, -0.15) is 0 Å². The van der Waals surface area contributed by atoms with E-state index >= 15 is 0 Å². The fourth-order valence-corrected chi connectivity index (χ4v) is 9.70. The molecule has 0 radical (unpaired) electrons. The van der Waals surface area contributed by atoms with Crippen molar-refractivity contribution >= 4 is 49.1 Å². The van der Waals surface area contributed by atoms with Crippen LogP contribution in [0.4, 0.5) is 5.69 Å². The fourth-order valence-electron chi connectivity index (χ4n) is 6.10. The Morgan fingerprint density at radius 2 is 1.00 bits per heavy atom. The molecule has 3 nitrogen and oxygen atoms in total. The van der Waals surface area contributed by atoms with E-state index in [0.29, 0.717) is 11.8 Å². The number of hydrogen-bond donors (Lipinski definition) is 0. The van der Waals surface area contributed by atoms with Crippen LogP contribution in [0.3, 0.4) is 0 Å². The summed E-state index contributed by atoms with van der Waals surface area (Å²) in [6.45, 7) is 9.08. The quantitative estimate of drug-likeness (QED) is 0.114. The minimum absolute atomic E-state index is 0.194. The maximum absolute atomic E-state index is 6.07. The topological polar surface area (TPSA) is 30.2 Å². The van der Waals surface area contributed by atoms with Gasteiger partial charge >= 0.3 is 33.3 Å². The number of nitrogens with zero attached hydrogens (tertiary/aromatic N) is 3. The van der Waals surface area contributed by atoms with Crippen LogP contribution in [0.15, 0.2) is 144 Å². The Labute approximate surface area is 294 Å². The van der Waals surface area contributed by atoms with Crippen molar-refractivity contribution in [1.82, 2.24) is 9.55 Å². The molecule has 0 unspecified atom stereocenters. The SMILES string of the molecule is CC(C)c1cccc(C(C)C)c1N=P(c1ccccc1)(c1ccccc1)c1nc(-c2ccccc2)c(-c2ccccc2)n1C.[Cl][Fe][Cl]. The van der Waals surface area contributed by atoms with Gasteiger partial charge in [-0.25, -0.2) is 4.98 Å². The first kappa shape index (κ1) is 35.0. The Kier molecular flexibility index (Phi) is 12.0. The molecule has 5 aromatic carbocycles. The van der Waals surface area contributed by atoms with Crippen LogP contribution in [0.5, 0.6) is 0 Å². The van der Waals surface area contributed by atoms with E-state index in [-0.39, 0.29) is 13.1 Å². The number of hydrogen-bond acceptors (Lipinski definition) is 2. The van der Waals surface area contributed by atoms with Gasteiger partial charge < -0.3 is 4.57 Å². The first-order valence-corrected chi connectivity index (χ1v) is 20.5. The van der Waals surface area contributed by atoms with Crippen LogP contribution in [0.1, 0.15) is 50.7 Å². The summed E-state index contributed by atoms with van der Waals surface area (Å²) in [6.07, 6.45) is 0. The Hall–Kier alpha value is -3.36. The molecule has 0 aliphatic carbocycles. The van der Waals surface area contributed by atoms with Crippen LogP contribution in [0.25, 0.3) is 22.5 Å². The summed E-state index contributed by atoms with van der Waals surface area (Å²) in [5.41, 5.74) is 8.93. The van der Waals surface area contributed by atoms with Gasteiger partial charge in [0.1, 0.15) is 0 Å². The number of aromatic nitrogens is 2. The summed E-state index contributed by atoms with van der Waals surface area (Å²) in [6, 6.07) is 49.6. The predicted molar refractivity (Wildman–Crippen MR) is 201 cm³/mol. The van der Waals surface area contributed by atoms with E-state index in [9.17, 15) is 0 Å². The second-order valence-electron chi connectivity index (χ2n) is 12.0. The van der Waals surface area contributed by atoms with Gasteiger partial charge in [-0.15, -0.1) is 0 Å². The maximum atomic E-state index is 6.07. The van der Waals surface area contributed by atoms with Crippen molar-refractivity contribution in [2.75, 3.05) is 0 Å². The van der Waals surface area contributed by atoms with E-state index in [1.165, 1.54) is 21.7 Å².